The fourth-order valence-corrected chi connectivity index (χ4v) is 3.17. The number of carbonyl (C=O) groups excluding carboxylic acids is 1. The zero-order valence-electron chi connectivity index (χ0n) is 10.2. The quantitative estimate of drug-likeness (QED) is 0.814. The van der Waals surface area contributed by atoms with E-state index in [-0.39, 0.29) is 11.8 Å². The van der Waals surface area contributed by atoms with E-state index in [0.29, 0.717) is 5.92 Å². The highest BCUT2D eigenvalue weighted by Gasteiger charge is 2.31. The normalized spacial score (nSPS) is 23.0. The van der Waals surface area contributed by atoms with Crippen molar-refractivity contribution in [2.75, 3.05) is 0 Å². The topological polar surface area (TPSA) is 58.9 Å². The number of nitrogens with one attached hydrogen (secondary N) is 1. The Morgan fingerprint density at radius 1 is 1.44 bits per heavy atom. The fourth-order valence-electron chi connectivity index (χ4n) is 3.00. The molecule has 0 saturated heterocycles. The van der Waals surface area contributed by atoms with E-state index < -0.39 is 0 Å². The van der Waals surface area contributed by atoms with Crippen LogP contribution in [0.5, 0.6) is 0 Å². The Kier molecular flexibility index (Phi) is 2.59. The monoisotopic (exact) mass is 262 g/mol. The molecule has 2 aromatic rings. The molecular formula is C14H15ClN2O. The summed E-state index contributed by atoms with van der Waals surface area (Å²) in [6, 6.07) is 5.78. The van der Waals surface area contributed by atoms with Crippen LogP contribution in [0.15, 0.2) is 18.2 Å². The molecular weight excluding hydrogens is 248 g/mol. The third-order valence-electron chi connectivity index (χ3n) is 3.90. The number of nitrogens with two attached hydrogens (primary N) is 1. The van der Waals surface area contributed by atoms with Gasteiger partial charge in [-0.25, -0.2) is 0 Å². The summed E-state index contributed by atoms with van der Waals surface area (Å²) in [6.45, 7) is 2.18. The summed E-state index contributed by atoms with van der Waals surface area (Å²) in [5.41, 5.74) is 8.72. The number of fused-ring (bicyclic) bond motifs is 3. The summed E-state index contributed by atoms with van der Waals surface area (Å²) in [5, 5.41) is 1.84. The molecule has 18 heavy (non-hydrogen) atoms. The van der Waals surface area contributed by atoms with Crippen molar-refractivity contribution < 1.29 is 4.79 Å². The molecule has 0 radical (unpaired) electrons. The van der Waals surface area contributed by atoms with Gasteiger partial charge in [-0.05, 0) is 42.5 Å². The molecule has 1 aliphatic rings. The molecule has 1 aliphatic carbocycles. The van der Waals surface area contributed by atoms with Crippen LogP contribution in [-0.4, -0.2) is 10.9 Å². The number of halogens is 1. The minimum absolute atomic E-state index is 0.192. The van der Waals surface area contributed by atoms with Gasteiger partial charge in [-0.2, -0.15) is 0 Å². The van der Waals surface area contributed by atoms with Gasteiger partial charge < -0.3 is 10.7 Å². The molecule has 0 fully saturated rings. The molecule has 94 valence electrons. The maximum Gasteiger partial charge on any atom is 0.226 e. The summed E-state index contributed by atoms with van der Waals surface area (Å²) in [5.74, 6) is -0.00834. The van der Waals surface area contributed by atoms with Crippen molar-refractivity contribution in [3.8, 4) is 0 Å². The number of aromatic nitrogens is 1. The number of carbonyl (C=O) groups is 1. The molecule has 0 aliphatic heterocycles. The summed E-state index contributed by atoms with van der Waals surface area (Å²) in [7, 11) is 0. The zero-order chi connectivity index (χ0) is 12.9. The minimum Gasteiger partial charge on any atom is -0.369 e. The first kappa shape index (κ1) is 11.6. The van der Waals surface area contributed by atoms with E-state index >= 15 is 0 Å². The Hall–Kier alpha value is -1.48. The van der Waals surface area contributed by atoms with Gasteiger partial charge in [0.1, 0.15) is 0 Å². The number of hydrogen-bond acceptors (Lipinski definition) is 1. The SMILES string of the molecule is CC1CCC(C(N)=O)c2[nH]c3ccc(Cl)cc3c21. The number of aromatic amines is 1. The Labute approximate surface area is 110 Å². The van der Waals surface area contributed by atoms with E-state index in [0.717, 1.165) is 34.5 Å². The van der Waals surface area contributed by atoms with Crippen LogP contribution >= 0.6 is 11.6 Å². The molecule has 3 N–H and O–H groups in total. The molecule has 1 aromatic carbocycles. The molecule has 3 rings (SSSR count). The highest BCUT2D eigenvalue weighted by Crippen LogP contribution is 2.42. The van der Waals surface area contributed by atoms with E-state index in [1.165, 1.54) is 5.56 Å². The molecule has 0 saturated carbocycles. The first-order valence-corrected chi connectivity index (χ1v) is 6.56. The van der Waals surface area contributed by atoms with Gasteiger partial charge >= 0.3 is 0 Å². The Morgan fingerprint density at radius 3 is 2.94 bits per heavy atom. The molecule has 1 aromatic heterocycles. The van der Waals surface area contributed by atoms with Crippen LogP contribution in [0.25, 0.3) is 10.9 Å². The lowest BCUT2D eigenvalue weighted by Gasteiger charge is -2.25. The first-order chi connectivity index (χ1) is 8.58. The number of amides is 1. The number of benzene rings is 1. The summed E-state index contributed by atoms with van der Waals surface area (Å²) in [4.78, 5) is 14.9. The smallest absolute Gasteiger partial charge is 0.226 e. The largest absolute Gasteiger partial charge is 0.369 e. The fraction of sp³-hybridized carbons (Fsp3) is 0.357. The number of hydrogen-bond donors (Lipinski definition) is 2. The molecule has 2 atom stereocenters. The standard InChI is InChI=1S/C14H15ClN2O/c1-7-2-4-9(14(16)18)13-12(7)10-6-8(15)3-5-11(10)17-13/h3,5-7,9,17H,2,4H2,1H3,(H2,16,18). The van der Waals surface area contributed by atoms with Crippen molar-refractivity contribution in [1.29, 1.82) is 0 Å². The van der Waals surface area contributed by atoms with Crippen LogP contribution in [0, 0.1) is 0 Å². The van der Waals surface area contributed by atoms with Crippen LogP contribution < -0.4 is 5.73 Å². The number of primary amides is 1. The predicted molar refractivity (Wildman–Crippen MR) is 72.9 cm³/mol. The Morgan fingerprint density at radius 2 is 2.22 bits per heavy atom. The first-order valence-electron chi connectivity index (χ1n) is 6.18. The van der Waals surface area contributed by atoms with Crippen molar-refractivity contribution >= 4 is 28.4 Å². The predicted octanol–water partition coefficient (Wildman–Crippen LogP) is 3.29. The lowest BCUT2D eigenvalue weighted by molar-refractivity contribution is -0.119. The lowest BCUT2D eigenvalue weighted by Crippen LogP contribution is -2.25. The highest BCUT2D eigenvalue weighted by molar-refractivity contribution is 6.31. The van der Waals surface area contributed by atoms with Crippen LogP contribution in [0.4, 0.5) is 0 Å². The van der Waals surface area contributed by atoms with Gasteiger partial charge in [0.2, 0.25) is 5.91 Å². The van der Waals surface area contributed by atoms with E-state index in [2.05, 4.69) is 11.9 Å². The average molecular weight is 263 g/mol. The second kappa shape index (κ2) is 4.02. The van der Waals surface area contributed by atoms with Crippen molar-refractivity contribution in [3.05, 3.63) is 34.5 Å². The van der Waals surface area contributed by atoms with Gasteiger partial charge in [0.05, 0.1) is 5.92 Å². The van der Waals surface area contributed by atoms with Crippen LogP contribution in [0.1, 0.15) is 42.9 Å². The molecule has 1 heterocycles. The third kappa shape index (κ3) is 1.62. The third-order valence-corrected chi connectivity index (χ3v) is 4.14. The van der Waals surface area contributed by atoms with Crippen LogP contribution in [0.3, 0.4) is 0 Å². The Balaban J connectivity index is 2.29. The minimum atomic E-state index is -0.249. The summed E-state index contributed by atoms with van der Waals surface area (Å²) >= 11 is 6.06. The van der Waals surface area contributed by atoms with Gasteiger partial charge in [0.25, 0.3) is 0 Å². The van der Waals surface area contributed by atoms with E-state index in [4.69, 9.17) is 17.3 Å². The van der Waals surface area contributed by atoms with Crippen molar-refractivity contribution in [3.63, 3.8) is 0 Å². The van der Waals surface area contributed by atoms with Gasteiger partial charge in [-0.3, -0.25) is 4.79 Å². The second-order valence-corrected chi connectivity index (χ2v) is 5.51. The summed E-state index contributed by atoms with van der Waals surface area (Å²) in [6.07, 6.45) is 1.81. The van der Waals surface area contributed by atoms with Gasteiger partial charge in [0.15, 0.2) is 0 Å². The second-order valence-electron chi connectivity index (χ2n) is 5.08. The maximum atomic E-state index is 11.5. The zero-order valence-corrected chi connectivity index (χ0v) is 10.9. The molecule has 0 bridgehead atoms. The van der Waals surface area contributed by atoms with Crippen LogP contribution in [-0.2, 0) is 4.79 Å². The van der Waals surface area contributed by atoms with E-state index in [9.17, 15) is 4.79 Å². The van der Waals surface area contributed by atoms with Crippen LogP contribution in [0.2, 0.25) is 5.02 Å². The molecule has 1 amide bonds. The molecule has 0 spiro atoms. The molecule has 4 heteroatoms. The van der Waals surface area contributed by atoms with E-state index in [1.54, 1.807) is 0 Å². The number of H-pyrrole nitrogens is 1. The van der Waals surface area contributed by atoms with E-state index in [1.807, 2.05) is 18.2 Å². The van der Waals surface area contributed by atoms with Crippen molar-refractivity contribution in [2.24, 2.45) is 5.73 Å². The highest BCUT2D eigenvalue weighted by atomic mass is 35.5. The van der Waals surface area contributed by atoms with Crippen molar-refractivity contribution in [2.45, 2.75) is 31.6 Å². The maximum absolute atomic E-state index is 11.5. The van der Waals surface area contributed by atoms with Gasteiger partial charge in [-0.15, -0.1) is 0 Å². The summed E-state index contributed by atoms with van der Waals surface area (Å²) < 4.78 is 0. The van der Waals surface area contributed by atoms with Gasteiger partial charge in [-0.1, -0.05) is 18.5 Å². The Bertz CT molecular complexity index is 632. The average Bonchev–Trinajstić information content (AvgIpc) is 2.68. The lowest BCUT2D eigenvalue weighted by atomic mass is 9.80. The number of rotatable bonds is 1. The molecule has 2 unspecified atom stereocenters. The van der Waals surface area contributed by atoms with Gasteiger partial charge in [0, 0.05) is 21.6 Å². The molecule has 3 nitrogen and oxygen atoms in total. The van der Waals surface area contributed by atoms with Crippen molar-refractivity contribution in [1.82, 2.24) is 4.98 Å².